The third-order valence-corrected chi connectivity index (χ3v) is 6.22. The van der Waals surface area contributed by atoms with Crippen molar-refractivity contribution < 1.29 is 4.48 Å². The Morgan fingerprint density at radius 1 is 0.846 bits per heavy atom. The molecule has 2 heteroatoms. The number of likely N-dealkylation sites (N-methyl/N-ethyl adjacent to an activating group) is 1. The van der Waals surface area contributed by atoms with Gasteiger partial charge in [0.25, 0.3) is 0 Å². The molecule has 4 rings (SSSR count). The van der Waals surface area contributed by atoms with Gasteiger partial charge in [-0.2, -0.15) is 0 Å². The van der Waals surface area contributed by atoms with Crippen molar-refractivity contribution in [3.8, 4) is 0 Å². The molecule has 134 valence electrons. The average molecular weight is 346 g/mol. The molecule has 1 heterocycles. The van der Waals surface area contributed by atoms with Crippen LogP contribution in [0.4, 0.5) is 0 Å². The van der Waals surface area contributed by atoms with Crippen LogP contribution in [-0.4, -0.2) is 49.2 Å². The first kappa shape index (κ1) is 17.3. The standard InChI is InChI=1S/C24H29N2/c1-3-26(2)18-16-25(17-19-26)24(21-11-5-4-6-12-21)23-15-9-13-20-10-7-8-14-22(20)23/h4-15,24H,3,16-19H2,1-2H3/q+1. The predicted molar refractivity (Wildman–Crippen MR) is 110 cm³/mol. The van der Waals surface area contributed by atoms with Crippen molar-refractivity contribution in [2.45, 2.75) is 13.0 Å². The molecular formula is C24H29N2+. The van der Waals surface area contributed by atoms with Gasteiger partial charge < -0.3 is 4.48 Å². The Morgan fingerprint density at radius 3 is 2.23 bits per heavy atom. The summed E-state index contributed by atoms with van der Waals surface area (Å²) in [7, 11) is 2.40. The second-order valence-electron chi connectivity index (χ2n) is 7.80. The summed E-state index contributed by atoms with van der Waals surface area (Å²) in [5.41, 5.74) is 2.83. The summed E-state index contributed by atoms with van der Waals surface area (Å²) in [6.45, 7) is 8.28. The molecule has 0 bridgehead atoms. The molecule has 2 nitrogen and oxygen atoms in total. The molecule has 0 N–H and O–H groups in total. The van der Waals surface area contributed by atoms with Crippen LogP contribution in [0.25, 0.3) is 10.8 Å². The molecule has 1 saturated heterocycles. The molecule has 0 saturated carbocycles. The summed E-state index contributed by atoms with van der Waals surface area (Å²) in [5, 5.41) is 2.71. The normalized spacial score (nSPS) is 18.7. The Bertz CT molecular complexity index is 858. The number of rotatable bonds is 4. The largest absolute Gasteiger partial charge is 0.324 e. The van der Waals surface area contributed by atoms with E-state index in [1.165, 1.54) is 46.0 Å². The Hall–Kier alpha value is -2.16. The van der Waals surface area contributed by atoms with Gasteiger partial charge in [0.15, 0.2) is 0 Å². The zero-order valence-electron chi connectivity index (χ0n) is 15.9. The predicted octanol–water partition coefficient (Wildman–Crippen LogP) is 4.71. The first-order valence-electron chi connectivity index (χ1n) is 9.80. The Labute approximate surface area is 157 Å². The van der Waals surface area contributed by atoms with Crippen LogP contribution in [0.5, 0.6) is 0 Å². The molecule has 0 aromatic heterocycles. The Balaban J connectivity index is 1.77. The van der Waals surface area contributed by atoms with Crippen molar-refractivity contribution in [2.24, 2.45) is 0 Å². The highest BCUT2D eigenvalue weighted by atomic mass is 15.4. The van der Waals surface area contributed by atoms with Crippen molar-refractivity contribution in [1.29, 1.82) is 0 Å². The maximum atomic E-state index is 2.69. The van der Waals surface area contributed by atoms with Crippen LogP contribution in [0.1, 0.15) is 24.1 Å². The van der Waals surface area contributed by atoms with Gasteiger partial charge >= 0.3 is 0 Å². The second-order valence-corrected chi connectivity index (χ2v) is 7.80. The molecule has 0 amide bonds. The molecule has 3 aromatic rings. The number of hydrogen-bond acceptors (Lipinski definition) is 1. The number of hydrogen-bond donors (Lipinski definition) is 0. The van der Waals surface area contributed by atoms with Gasteiger partial charge in [0.2, 0.25) is 0 Å². The van der Waals surface area contributed by atoms with Crippen molar-refractivity contribution in [3.63, 3.8) is 0 Å². The minimum atomic E-state index is 0.327. The van der Waals surface area contributed by atoms with E-state index in [9.17, 15) is 0 Å². The lowest BCUT2D eigenvalue weighted by Gasteiger charge is -2.44. The summed E-state index contributed by atoms with van der Waals surface area (Å²) in [5.74, 6) is 0. The third-order valence-electron chi connectivity index (χ3n) is 6.22. The fourth-order valence-electron chi connectivity index (χ4n) is 4.25. The summed E-state index contributed by atoms with van der Waals surface area (Å²) >= 11 is 0. The molecule has 1 aliphatic rings. The van der Waals surface area contributed by atoms with Crippen LogP contribution < -0.4 is 0 Å². The molecule has 1 fully saturated rings. The smallest absolute Gasteiger partial charge is 0.0914 e. The van der Waals surface area contributed by atoms with Crippen LogP contribution in [0.2, 0.25) is 0 Å². The SMILES string of the molecule is CC[N+]1(C)CCN(C(c2ccccc2)c2cccc3ccccc23)CC1. The number of nitrogens with zero attached hydrogens (tertiary/aromatic N) is 2. The zero-order valence-corrected chi connectivity index (χ0v) is 15.9. The lowest BCUT2D eigenvalue weighted by molar-refractivity contribution is -0.912. The van der Waals surface area contributed by atoms with E-state index >= 15 is 0 Å². The minimum Gasteiger partial charge on any atom is -0.324 e. The van der Waals surface area contributed by atoms with Crippen LogP contribution in [0, 0.1) is 0 Å². The van der Waals surface area contributed by atoms with E-state index < -0.39 is 0 Å². The van der Waals surface area contributed by atoms with Crippen LogP contribution >= 0.6 is 0 Å². The van der Waals surface area contributed by atoms with E-state index in [0.29, 0.717) is 6.04 Å². The Morgan fingerprint density at radius 2 is 1.50 bits per heavy atom. The van der Waals surface area contributed by atoms with Crippen LogP contribution in [0.3, 0.4) is 0 Å². The van der Waals surface area contributed by atoms with E-state index in [-0.39, 0.29) is 0 Å². The lowest BCUT2D eigenvalue weighted by Crippen LogP contribution is -2.57. The maximum absolute atomic E-state index is 2.69. The third kappa shape index (κ3) is 3.27. The number of quaternary nitrogens is 1. The minimum absolute atomic E-state index is 0.327. The van der Waals surface area contributed by atoms with Crippen LogP contribution in [0.15, 0.2) is 72.8 Å². The fourth-order valence-corrected chi connectivity index (χ4v) is 4.25. The molecule has 26 heavy (non-hydrogen) atoms. The van der Waals surface area contributed by atoms with Crippen LogP contribution in [-0.2, 0) is 0 Å². The highest BCUT2D eigenvalue weighted by Gasteiger charge is 2.32. The van der Waals surface area contributed by atoms with Crippen molar-refractivity contribution >= 4 is 10.8 Å². The van der Waals surface area contributed by atoms with Gasteiger partial charge in [-0.15, -0.1) is 0 Å². The Kier molecular flexibility index (Phi) is 4.80. The van der Waals surface area contributed by atoms with E-state index in [0.717, 1.165) is 13.1 Å². The second kappa shape index (κ2) is 7.22. The molecule has 1 atom stereocenters. The molecular weight excluding hydrogens is 316 g/mol. The molecule has 1 aliphatic heterocycles. The van der Waals surface area contributed by atoms with Crippen molar-refractivity contribution in [3.05, 3.63) is 83.9 Å². The zero-order chi connectivity index (χ0) is 18.0. The summed E-state index contributed by atoms with van der Waals surface area (Å²) in [6.07, 6.45) is 0. The van der Waals surface area contributed by atoms with Gasteiger partial charge in [0.1, 0.15) is 0 Å². The first-order chi connectivity index (χ1) is 12.7. The molecule has 3 aromatic carbocycles. The van der Waals surface area contributed by atoms with Gasteiger partial charge in [0, 0.05) is 13.1 Å². The van der Waals surface area contributed by atoms with E-state index in [1.54, 1.807) is 0 Å². The molecule has 1 unspecified atom stereocenters. The average Bonchev–Trinajstić information content (AvgIpc) is 2.71. The number of piperazine rings is 1. The van der Waals surface area contributed by atoms with Gasteiger partial charge in [0.05, 0.1) is 32.7 Å². The first-order valence-corrected chi connectivity index (χ1v) is 9.80. The quantitative estimate of drug-likeness (QED) is 0.619. The van der Waals surface area contributed by atoms with Crippen molar-refractivity contribution in [1.82, 2.24) is 4.90 Å². The van der Waals surface area contributed by atoms with Gasteiger partial charge in [-0.25, -0.2) is 0 Å². The van der Waals surface area contributed by atoms with E-state index in [2.05, 4.69) is 91.7 Å². The van der Waals surface area contributed by atoms with E-state index in [4.69, 9.17) is 0 Å². The number of fused-ring (bicyclic) bond motifs is 1. The van der Waals surface area contributed by atoms with Gasteiger partial charge in [-0.3, -0.25) is 4.90 Å². The summed E-state index contributed by atoms with van der Waals surface area (Å²) in [6, 6.07) is 26.9. The highest BCUT2D eigenvalue weighted by molar-refractivity contribution is 5.86. The molecule has 0 aliphatic carbocycles. The lowest BCUT2D eigenvalue weighted by atomic mass is 9.92. The van der Waals surface area contributed by atoms with Gasteiger partial charge in [-0.1, -0.05) is 72.8 Å². The summed E-state index contributed by atoms with van der Waals surface area (Å²) in [4.78, 5) is 2.69. The molecule has 0 radical (unpaired) electrons. The summed E-state index contributed by atoms with van der Waals surface area (Å²) < 4.78 is 1.19. The van der Waals surface area contributed by atoms with Gasteiger partial charge in [-0.05, 0) is 28.8 Å². The topological polar surface area (TPSA) is 3.24 Å². The fraction of sp³-hybridized carbons (Fsp3) is 0.333. The van der Waals surface area contributed by atoms with Crippen molar-refractivity contribution in [2.75, 3.05) is 39.8 Å². The highest BCUT2D eigenvalue weighted by Crippen LogP contribution is 2.34. The maximum Gasteiger partial charge on any atom is 0.0914 e. The number of benzene rings is 3. The van der Waals surface area contributed by atoms with E-state index in [1.807, 2.05) is 0 Å². The molecule has 0 spiro atoms. The monoisotopic (exact) mass is 345 g/mol.